The molecule has 0 atom stereocenters. The Balaban J connectivity index is 1.57. The molecule has 152 valence electrons. The standard InChI is InChI=1S/C23H17N5O2S/c24-14-16-10-12-17(13-11-16)25-21(30)15-31-23-27-26-22(19-8-4-5-9-20(19)29)28(23)18-6-2-1-3-7-18/h1-13,29H,15H2,(H,25,30). The van der Waals surface area contributed by atoms with Gasteiger partial charge in [0.05, 0.1) is 22.9 Å². The predicted molar refractivity (Wildman–Crippen MR) is 119 cm³/mol. The Morgan fingerprint density at radius 2 is 1.71 bits per heavy atom. The summed E-state index contributed by atoms with van der Waals surface area (Å²) in [5.74, 6) is 0.495. The lowest BCUT2D eigenvalue weighted by Crippen LogP contribution is -2.14. The molecule has 0 aliphatic carbocycles. The van der Waals surface area contributed by atoms with Crippen LogP contribution in [0.2, 0.25) is 0 Å². The number of carbonyl (C=O) groups excluding carboxylic acids is 1. The number of para-hydroxylation sites is 2. The lowest BCUT2D eigenvalue weighted by molar-refractivity contribution is -0.113. The number of benzene rings is 3. The van der Waals surface area contributed by atoms with Gasteiger partial charge in [-0.2, -0.15) is 5.26 Å². The molecule has 0 unspecified atom stereocenters. The third kappa shape index (κ3) is 4.57. The molecule has 0 saturated heterocycles. The average Bonchev–Trinajstić information content (AvgIpc) is 3.23. The maximum Gasteiger partial charge on any atom is 0.234 e. The zero-order valence-corrected chi connectivity index (χ0v) is 17.1. The number of phenols is 1. The van der Waals surface area contributed by atoms with Crippen LogP contribution >= 0.6 is 11.8 Å². The highest BCUT2D eigenvalue weighted by atomic mass is 32.2. The molecule has 0 bridgehead atoms. The minimum Gasteiger partial charge on any atom is -0.507 e. The highest BCUT2D eigenvalue weighted by Crippen LogP contribution is 2.32. The third-order valence-corrected chi connectivity index (χ3v) is 5.35. The summed E-state index contributed by atoms with van der Waals surface area (Å²) in [6.45, 7) is 0. The van der Waals surface area contributed by atoms with Crippen molar-refractivity contribution in [3.8, 4) is 28.9 Å². The van der Waals surface area contributed by atoms with Crippen LogP contribution in [0, 0.1) is 11.3 Å². The van der Waals surface area contributed by atoms with Gasteiger partial charge in [0.2, 0.25) is 5.91 Å². The Hall–Kier alpha value is -4.09. The van der Waals surface area contributed by atoms with Gasteiger partial charge in [0.15, 0.2) is 11.0 Å². The topological polar surface area (TPSA) is 104 Å². The monoisotopic (exact) mass is 427 g/mol. The van der Waals surface area contributed by atoms with E-state index in [0.29, 0.717) is 27.8 Å². The fraction of sp³-hybridized carbons (Fsp3) is 0.0435. The average molecular weight is 427 g/mol. The van der Waals surface area contributed by atoms with Gasteiger partial charge in [-0.05, 0) is 48.5 Å². The lowest BCUT2D eigenvalue weighted by Gasteiger charge is -2.11. The van der Waals surface area contributed by atoms with Gasteiger partial charge in [0.25, 0.3) is 0 Å². The van der Waals surface area contributed by atoms with Crippen molar-refractivity contribution < 1.29 is 9.90 Å². The van der Waals surface area contributed by atoms with Crippen molar-refractivity contribution in [3.05, 3.63) is 84.4 Å². The zero-order valence-electron chi connectivity index (χ0n) is 16.3. The Labute approximate surface area is 183 Å². The minimum atomic E-state index is -0.207. The first-order valence-electron chi connectivity index (χ1n) is 9.38. The Morgan fingerprint density at radius 3 is 2.42 bits per heavy atom. The van der Waals surface area contributed by atoms with Gasteiger partial charge in [0, 0.05) is 11.4 Å². The van der Waals surface area contributed by atoms with E-state index in [1.54, 1.807) is 42.5 Å². The number of nitrogens with zero attached hydrogens (tertiary/aromatic N) is 4. The zero-order chi connectivity index (χ0) is 21.6. The molecule has 0 aliphatic rings. The molecule has 31 heavy (non-hydrogen) atoms. The first-order chi connectivity index (χ1) is 15.2. The summed E-state index contributed by atoms with van der Waals surface area (Å²) in [5, 5.41) is 31.0. The second-order valence-electron chi connectivity index (χ2n) is 6.52. The van der Waals surface area contributed by atoms with E-state index in [2.05, 4.69) is 15.5 Å². The molecule has 1 heterocycles. The van der Waals surface area contributed by atoms with Gasteiger partial charge in [-0.3, -0.25) is 9.36 Å². The number of thioether (sulfide) groups is 1. The van der Waals surface area contributed by atoms with Crippen LogP contribution in [0.3, 0.4) is 0 Å². The van der Waals surface area contributed by atoms with E-state index < -0.39 is 0 Å². The molecule has 1 aromatic heterocycles. The van der Waals surface area contributed by atoms with Crippen LogP contribution in [0.1, 0.15) is 5.56 Å². The third-order valence-electron chi connectivity index (χ3n) is 4.42. The van der Waals surface area contributed by atoms with Crippen molar-refractivity contribution in [2.24, 2.45) is 0 Å². The number of nitrogens with one attached hydrogen (secondary N) is 1. The van der Waals surface area contributed by atoms with E-state index in [-0.39, 0.29) is 17.4 Å². The smallest absolute Gasteiger partial charge is 0.234 e. The van der Waals surface area contributed by atoms with Crippen molar-refractivity contribution in [2.75, 3.05) is 11.1 Å². The van der Waals surface area contributed by atoms with Crippen LogP contribution in [-0.4, -0.2) is 31.5 Å². The fourth-order valence-corrected chi connectivity index (χ4v) is 3.72. The summed E-state index contributed by atoms with van der Waals surface area (Å²) >= 11 is 1.24. The fourth-order valence-electron chi connectivity index (χ4n) is 2.97. The van der Waals surface area contributed by atoms with Crippen LogP contribution in [0.5, 0.6) is 5.75 Å². The second kappa shape index (κ2) is 9.15. The number of hydrogen-bond donors (Lipinski definition) is 2. The van der Waals surface area contributed by atoms with Gasteiger partial charge in [0.1, 0.15) is 5.75 Å². The van der Waals surface area contributed by atoms with Gasteiger partial charge < -0.3 is 10.4 Å². The molecule has 0 fully saturated rings. The molecule has 8 heteroatoms. The first-order valence-corrected chi connectivity index (χ1v) is 10.4. The van der Waals surface area contributed by atoms with E-state index in [4.69, 9.17) is 5.26 Å². The molecule has 4 aromatic rings. The highest BCUT2D eigenvalue weighted by molar-refractivity contribution is 7.99. The number of rotatable bonds is 6. The Kier molecular flexibility index (Phi) is 5.96. The molecular weight excluding hydrogens is 410 g/mol. The minimum absolute atomic E-state index is 0.0993. The van der Waals surface area contributed by atoms with Crippen molar-refractivity contribution in [3.63, 3.8) is 0 Å². The van der Waals surface area contributed by atoms with Gasteiger partial charge in [-0.1, -0.05) is 42.1 Å². The molecule has 2 N–H and O–H groups in total. The molecule has 1 amide bonds. The summed E-state index contributed by atoms with van der Waals surface area (Å²) in [5.41, 5.74) is 2.51. The van der Waals surface area contributed by atoms with E-state index in [1.807, 2.05) is 47.0 Å². The number of amides is 1. The summed E-state index contributed by atoms with van der Waals surface area (Å²) < 4.78 is 1.81. The van der Waals surface area contributed by atoms with Gasteiger partial charge in [-0.15, -0.1) is 10.2 Å². The number of aromatic hydroxyl groups is 1. The number of carbonyl (C=O) groups is 1. The lowest BCUT2D eigenvalue weighted by atomic mass is 10.2. The van der Waals surface area contributed by atoms with Gasteiger partial charge >= 0.3 is 0 Å². The molecular formula is C23H17N5O2S. The molecule has 3 aromatic carbocycles. The van der Waals surface area contributed by atoms with Crippen LogP contribution in [0.25, 0.3) is 17.1 Å². The number of anilines is 1. The van der Waals surface area contributed by atoms with E-state index in [1.165, 1.54) is 11.8 Å². The molecule has 7 nitrogen and oxygen atoms in total. The largest absolute Gasteiger partial charge is 0.507 e. The normalized spacial score (nSPS) is 10.4. The van der Waals surface area contributed by atoms with Crippen molar-refractivity contribution >= 4 is 23.4 Å². The summed E-state index contributed by atoms with van der Waals surface area (Å²) in [7, 11) is 0. The van der Waals surface area contributed by atoms with Crippen LogP contribution < -0.4 is 5.32 Å². The van der Waals surface area contributed by atoms with Crippen molar-refractivity contribution in [1.82, 2.24) is 14.8 Å². The summed E-state index contributed by atoms with van der Waals surface area (Å²) in [6, 6.07) is 25.2. The SMILES string of the molecule is N#Cc1ccc(NC(=O)CSc2nnc(-c3ccccc3O)n2-c2ccccc2)cc1. The van der Waals surface area contributed by atoms with E-state index in [9.17, 15) is 9.90 Å². The quantitative estimate of drug-likeness (QED) is 0.446. The number of nitriles is 1. The molecule has 0 spiro atoms. The maximum atomic E-state index is 12.4. The Bertz CT molecular complexity index is 1250. The van der Waals surface area contributed by atoms with Crippen LogP contribution in [0.15, 0.2) is 84.0 Å². The van der Waals surface area contributed by atoms with E-state index in [0.717, 1.165) is 5.69 Å². The van der Waals surface area contributed by atoms with Crippen LogP contribution in [0.4, 0.5) is 5.69 Å². The first kappa shape index (κ1) is 20.2. The highest BCUT2D eigenvalue weighted by Gasteiger charge is 2.19. The maximum absolute atomic E-state index is 12.4. The molecule has 4 rings (SSSR count). The van der Waals surface area contributed by atoms with E-state index >= 15 is 0 Å². The second-order valence-corrected chi connectivity index (χ2v) is 7.46. The molecule has 0 radical (unpaired) electrons. The number of hydrogen-bond acceptors (Lipinski definition) is 6. The number of phenolic OH excluding ortho intramolecular Hbond substituents is 1. The summed E-state index contributed by atoms with van der Waals surface area (Å²) in [6.07, 6.45) is 0. The van der Waals surface area contributed by atoms with Gasteiger partial charge in [-0.25, -0.2) is 0 Å². The summed E-state index contributed by atoms with van der Waals surface area (Å²) in [4.78, 5) is 12.4. The molecule has 0 aliphatic heterocycles. The van der Waals surface area contributed by atoms with Crippen molar-refractivity contribution in [2.45, 2.75) is 5.16 Å². The Morgan fingerprint density at radius 1 is 1.00 bits per heavy atom. The predicted octanol–water partition coefficient (Wildman–Crippen LogP) is 4.24. The molecule has 0 saturated carbocycles. The van der Waals surface area contributed by atoms with Crippen molar-refractivity contribution in [1.29, 1.82) is 5.26 Å². The number of aromatic nitrogens is 3. The van der Waals surface area contributed by atoms with Crippen LogP contribution in [-0.2, 0) is 4.79 Å².